The van der Waals surface area contributed by atoms with E-state index in [0.717, 1.165) is 5.56 Å². The molecule has 0 saturated carbocycles. The van der Waals surface area contributed by atoms with Crippen molar-refractivity contribution in [3.63, 3.8) is 0 Å². The summed E-state index contributed by atoms with van der Waals surface area (Å²) < 4.78 is 23.2. The summed E-state index contributed by atoms with van der Waals surface area (Å²) in [6.45, 7) is 15.2. The van der Waals surface area contributed by atoms with E-state index in [9.17, 15) is 4.79 Å². The molecule has 148 valence electrons. The number of ether oxygens (including phenoxy) is 3. The lowest BCUT2D eigenvalue weighted by molar-refractivity contribution is -0.256. The van der Waals surface area contributed by atoms with Crippen LogP contribution in [0.15, 0.2) is 30.3 Å². The van der Waals surface area contributed by atoms with Crippen LogP contribution >= 0.6 is 0 Å². The van der Waals surface area contributed by atoms with Crippen LogP contribution in [0.5, 0.6) is 0 Å². The topological polar surface area (TPSA) is 54.0 Å². The second-order valence-electron chi connectivity index (χ2n) is 7.73. The van der Waals surface area contributed by atoms with Crippen molar-refractivity contribution in [3.05, 3.63) is 35.9 Å². The SMILES string of the molecule is CCOC(CO[Si](C)(C)C(C)(C)C)(OCC)C(=O)OCc1ccccc1. The molecule has 0 heterocycles. The predicted octanol–water partition coefficient (Wildman–Crippen LogP) is 4.52. The molecule has 5 nitrogen and oxygen atoms in total. The van der Waals surface area contributed by atoms with Gasteiger partial charge in [-0.3, -0.25) is 0 Å². The minimum atomic E-state index is -2.07. The number of esters is 1. The van der Waals surface area contributed by atoms with Crippen LogP contribution in [0.3, 0.4) is 0 Å². The van der Waals surface area contributed by atoms with Gasteiger partial charge in [-0.1, -0.05) is 51.1 Å². The number of hydrogen-bond donors (Lipinski definition) is 0. The Morgan fingerprint density at radius 1 is 1.00 bits per heavy atom. The fourth-order valence-electron chi connectivity index (χ4n) is 2.09. The van der Waals surface area contributed by atoms with Gasteiger partial charge in [0.1, 0.15) is 6.61 Å². The first kappa shape index (κ1) is 22.8. The van der Waals surface area contributed by atoms with Crippen molar-refractivity contribution in [1.29, 1.82) is 0 Å². The Balaban J connectivity index is 2.91. The summed E-state index contributed by atoms with van der Waals surface area (Å²) in [5.74, 6) is -2.09. The fraction of sp³-hybridized carbons (Fsp3) is 0.650. The average molecular weight is 383 g/mol. The van der Waals surface area contributed by atoms with Gasteiger partial charge in [-0.05, 0) is 37.5 Å². The standard InChI is InChI=1S/C20H34O5Si/c1-8-23-20(24-9-2,16-25-26(6,7)19(3,4)5)18(21)22-15-17-13-11-10-12-14-17/h10-14H,8-9,15-16H2,1-7H3. The summed E-state index contributed by atoms with van der Waals surface area (Å²) in [7, 11) is -2.07. The van der Waals surface area contributed by atoms with Crippen molar-refractivity contribution in [2.24, 2.45) is 0 Å². The van der Waals surface area contributed by atoms with Crippen molar-refractivity contribution in [2.45, 2.75) is 65.1 Å². The summed E-state index contributed by atoms with van der Waals surface area (Å²) in [5.41, 5.74) is 0.910. The van der Waals surface area contributed by atoms with E-state index in [1.807, 2.05) is 44.2 Å². The number of carbonyl (C=O) groups excluding carboxylic acids is 1. The lowest BCUT2D eigenvalue weighted by Gasteiger charge is -2.39. The third kappa shape index (κ3) is 6.19. The molecule has 0 saturated heterocycles. The highest BCUT2D eigenvalue weighted by molar-refractivity contribution is 6.74. The van der Waals surface area contributed by atoms with Gasteiger partial charge in [-0.15, -0.1) is 0 Å². The van der Waals surface area contributed by atoms with E-state index in [0.29, 0.717) is 13.2 Å². The molecule has 26 heavy (non-hydrogen) atoms. The second-order valence-corrected chi connectivity index (χ2v) is 12.5. The molecule has 6 heteroatoms. The predicted molar refractivity (Wildman–Crippen MR) is 105 cm³/mol. The molecule has 0 atom stereocenters. The lowest BCUT2D eigenvalue weighted by atomic mass is 10.2. The van der Waals surface area contributed by atoms with Gasteiger partial charge in [0.15, 0.2) is 8.32 Å². The van der Waals surface area contributed by atoms with Gasteiger partial charge in [0.25, 0.3) is 5.79 Å². The van der Waals surface area contributed by atoms with Gasteiger partial charge in [0, 0.05) is 13.2 Å². The number of carbonyl (C=O) groups is 1. The normalized spacial score (nSPS) is 12.9. The zero-order valence-electron chi connectivity index (χ0n) is 17.3. The molecule has 1 rings (SSSR count). The molecule has 0 aromatic heterocycles. The van der Waals surface area contributed by atoms with E-state index >= 15 is 0 Å². The third-order valence-electron chi connectivity index (χ3n) is 4.71. The third-order valence-corrected chi connectivity index (χ3v) is 9.19. The van der Waals surface area contributed by atoms with E-state index in [1.165, 1.54) is 0 Å². The lowest BCUT2D eigenvalue weighted by Crippen LogP contribution is -2.53. The van der Waals surface area contributed by atoms with Crippen LogP contribution in [0.4, 0.5) is 0 Å². The van der Waals surface area contributed by atoms with E-state index in [1.54, 1.807) is 0 Å². The maximum atomic E-state index is 12.8. The molecule has 0 unspecified atom stereocenters. The van der Waals surface area contributed by atoms with Gasteiger partial charge in [0.2, 0.25) is 0 Å². The molecule has 0 fully saturated rings. The monoisotopic (exact) mass is 382 g/mol. The van der Waals surface area contributed by atoms with Crippen molar-refractivity contribution >= 4 is 14.3 Å². The van der Waals surface area contributed by atoms with Crippen LogP contribution in [-0.4, -0.2) is 39.9 Å². The van der Waals surface area contributed by atoms with Gasteiger partial charge in [0.05, 0.1) is 6.61 Å². The van der Waals surface area contributed by atoms with Crippen molar-refractivity contribution in [3.8, 4) is 0 Å². The first-order chi connectivity index (χ1) is 12.1. The molecule has 0 radical (unpaired) electrons. The number of benzene rings is 1. The molecular formula is C20H34O5Si. The molecule has 0 aliphatic rings. The summed E-state index contributed by atoms with van der Waals surface area (Å²) in [6, 6.07) is 9.54. The van der Waals surface area contributed by atoms with Crippen molar-refractivity contribution in [1.82, 2.24) is 0 Å². The molecule has 0 aliphatic heterocycles. The Morgan fingerprint density at radius 3 is 2.00 bits per heavy atom. The Hall–Kier alpha value is -1.21. The van der Waals surface area contributed by atoms with Crippen LogP contribution in [0, 0.1) is 0 Å². The smallest absolute Gasteiger partial charge is 0.369 e. The van der Waals surface area contributed by atoms with Crippen LogP contribution in [-0.2, 0) is 30.0 Å². The molecule has 0 spiro atoms. The maximum absolute atomic E-state index is 12.8. The zero-order valence-corrected chi connectivity index (χ0v) is 18.3. The van der Waals surface area contributed by atoms with Crippen LogP contribution in [0.1, 0.15) is 40.2 Å². The Bertz CT molecular complexity index is 545. The zero-order chi connectivity index (χ0) is 19.8. The van der Waals surface area contributed by atoms with Crippen molar-refractivity contribution < 1.29 is 23.4 Å². The average Bonchev–Trinajstić information content (AvgIpc) is 2.58. The molecule has 0 aliphatic carbocycles. The van der Waals surface area contributed by atoms with Crippen LogP contribution in [0.2, 0.25) is 18.1 Å². The Labute approximate surface area is 159 Å². The minimum absolute atomic E-state index is 0.0190. The van der Waals surface area contributed by atoms with E-state index in [-0.39, 0.29) is 18.3 Å². The van der Waals surface area contributed by atoms with Gasteiger partial charge < -0.3 is 18.6 Å². The highest BCUT2D eigenvalue weighted by atomic mass is 28.4. The summed E-state index contributed by atoms with van der Waals surface area (Å²) in [6.07, 6.45) is 0. The van der Waals surface area contributed by atoms with Gasteiger partial charge in [-0.2, -0.15) is 0 Å². The summed E-state index contributed by atoms with van der Waals surface area (Å²) in [4.78, 5) is 12.8. The molecule has 0 amide bonds. The molecule has 1 aromatic rings. The van der Waals surface area contributed by atoms with E-state index in [2.05, 4.69) is 33.9 Å². The highest BCUT2D eigenvalue weighted by Gasteiger charge is 2.47. The highest BCUT2D eigenvalue weighted by Crippen LogP contribution is 2.37. The van der Waals surface area contributed by atoms with Gasteiger partial charge in [-0.25, -0.2) is 4.79 Å². The fourth-order valence-corrected chi connectivity index (χ4v) is 3.08. The van der Waals surface area contributed by atoms with E-state index in [4.69, 9.17) is 18.6 Å². The molecule has 0 bridgehead atoms. The van der Waals surface area contributed by atoms with Crippen molar-refractivity contribution in [2.75, 3.05) is 19.8 Å². The van der Waals surface area contributed by atoms with Crippen LogP contribution < -0.4 is 0 Å². The Kier molecular flexibility index (Phi) is 8.47. The molecule has 1 aromatic carbocycles. The summed E-state index contributed by atoms with van der Waals surface area (Å²) in [5, 5.41) is 0.0190. The molecule has 0 N–H and O–H groups in total. The second kappa shape index (κ2) is 9.64. The Morgan fingerprint density at radius 2 is 1.54 bits per heavy atom. The number of rotatable bonds is 10. The minimum Gasteiger partial charge on any atom is -0.457 e. The first-order valence-electron chi connectivity index (χ1n) is 9.21. The quantitative estimate of drug-likeness (QED) is 0.338. The van der Waals surface area contributed by atoms with Crippen LogP contribution in [0.25, 0.3) is 0 Å². The number of hydrogen-bond acceptors (Lipinski definition) is 5. The maximum Gasteiger partial charge on any atom is 0.369 e. The largest absolute Gasteiger partial charge is 0.457 e. The molecular weight excluding hydrogens is 348 g/mol. The van der Waals surface area contributed by atoms with Gasteiger partial charge >= 0.3 is 5.97 Å². The summed E-state index contributed by atoms with van der Waals surface area (Å²) >= 11 is 0. The first-order valence-corrected chi connectivity index (χ1v) is 12.1. The van der Waals surface area contributed by atoms with E-state index < -0.39 is 20.1 Å².